The zero-order valence-corrected chi connectivity index (χ0v) is 13.3. The molecule has 0 aliphatic carbocycles. The number of hydrogen-bond donors (Lipinski definition) is 1. The summed E-state index contributed by atoms with van der Waals surface area (Å²) in [6.45, 7) is 5.67. The van der Waals surface area contributed by atoms with Gasteiger partial charge in [-0.3, -0.25) is 4.99 Å². The molecule has 0 aromatic heterocycles. The molecule has 1 aromatic carbocycles. The van der Waals surface area contributed by atoms with Crippen molar-refractivity contribution in [3.63, 3.8) is 0 Å². The first-order chi connectivity index (χ1) is 10.1. The first-order valence-corrected chi connectivity index (χ1v) is 7.53. The molecule has 1 unspecified atom stereocenters. The molecular weight excluding hydrogens is 290 g/mol. The molecule has 1 aliphatic heterocycles. The van der Waals surface area contributed by atoms with E-state index in [0.29, 0.717) is 11.4 Å². The summed E-state index contributed by atoms with van der Waals surface area (Å²) in [5, 5.41) is 9.49. The van der Waals surface area contributed by atoms with Gasteiger partial charge in [0, 0.05) is 24.5 Å². The molecule has 5 heteroatoms. The van der Waals surface area contributed by atoms with E-state index in [2.05, 4.69) is 4.99 Å². The Balaban J connectivity index is 0.000000369. The number of carbonyl (C=O) groups is 1. The standard InChI is InChI=1S/C12H14ClNO2.C4H8O/c1-3-11(12(15)16)14-7-9-5-4-6-10(13)8(9)2;1-2-4-5-3-1/h4-7,11H,3H2,1-2H3,(H,15,16);1-4H2. The lowest BCUT2D eigenvalue weighted by Crippen LogP contribution is -2.16. The number of carboxylic acid groups (broad SMARTS) is 1. The van der Waals surface area contributed by atoms with Crippen LogP contribution >= 0.6 is 11.6 Å². The average Bonchev–Trinajstić information content (AvgIpc) is 3.03. The number of ether oxygens (including phenoxy) is 1. The van der Waals surface area contributed by atoms with Crippen LogP contribution in [-0.2, 0) is 9.53 Å². The SMILES string of the molecule is C1CCOC1.CCC(N=Cc1cccc(Cl)c1C)C(=O)O. The molecule has 116 valence electrons. The van der Waals surface area contributed by atoms with Crippen LogP contribution in [-0.4, -0.2) is 36.5 Å². The van der Waals surface area contributed by atoms with Crippen LogP contribution in [0, 0.1) is 6.92 Å². The molecule has 0 amide bonds. The van der Waals surface area contributed by atoms with Gasteiger partial charge in [-0.1, -0.05) is 30.7 Å². The van der Waals surface area contributed by atoms with Gasteiger partial charge >= 0.3 is 5.97 Å². The van der Waals surface area contributed by atoms with Crippen molar-refractivity contribution in [2.45, 2.75) is 39.2 Å². The van der Waals surface area contributed by atoms with Crippen molar-refractivity contribution in [1.29, 1.82) is 0 Å². The Morgan fingerprint density at radius 2 is 2.14 bits per heavy atom. The lowest BCUT2D eigenvalue weighted by atomic mass is 10.1. The Labute approximate surface area is 130 Å². The number of rotatable bonds is 4. The van der Waals surface area contributed by atoms with Crippen LogP contribution in [0.3, 0.4) is 0 Å². The van der Waals surface area contributed by atoms with Gasteiger partial charge in [0.05, 0.1) is 0 Å². The van der Waals surface area contributed by atoms with Gasteiger partial charge in [0.1, 0.15) is 6.04 Å². The Morgan fingerprint density at radius 1 is 1.48 bits per heavy atom. The minimum absolute atomic E-state index is 0.478. The van der Waals surface area contributed by atoms with E-state index in [9.17, 15) is 4.79 Å². The molecule has 1 fully saturated rings. The van der Waals surface area contributed by atoms with E-state index in [0.717, 1.165) is 24.3 Å². The van der Waals surface area contributed by atoms with Gasteiger partial charge in [-0.15, -0.1) is 0 Å². The largest absolute Gasteiger partial charge is 0.480 e. The second-order valence-electron chi connectivity index (χ2n) is 4.81. The summed E-state index contributed by atoms with van der Waals surface area (Å²) < 4.78 is 4.94. The topological polar surface area (TPSA) is 58.9 Å². The highest BCUT2D eigenvalue weighted by Gasteiger charge is 2.11. The van der Waals surface area contributed by atoms with Crippen LogP contribution in [0.25, 0.3) is 0 Å². The first kappa shape index (κ1) is 17.7. The fourth-order valence-electron chi connectivity index (χ4n) is 1.79. The predicted octanol–water partition coefficient (Wildman–Crippen LogP) is 3.73. The van der Waals surface area contributed by atoms with E-state index < -0.39 is 12.0 Å². The molecule has 1 aromatic rings. The van der Waals surface area contributed by atoms with Gasteiger partial charge in [0.2, 0.25) is 0 Å². The molecule has 1 aliphatic rings. The first-order valence-electron chi connectivity index (χ1n) is 7.15. The summed E-state index contributed by atoms with van der Waals surface area (Å²) in [7, 11) is 0. The van der Waals surface area contributed by atoms with Crippen molar-refractivity contribution in [2.24, 2.45) is 4.99 Å². The number of benzene rings is 1. The zero-order chi connectivity index (χ0) is 15.7. The second kappa shape index (κ2) is 9.53. The van der Waals surface area contributed by atoms with Gasteiger partial charge in [0.25, 0.3) is 0 Å². The van der Waals surface area contributed by atoms with Crippen LogP contribution in [0.1, 0.15) is 37.3 Å². The summed E-state index contributed by atoms with van der Waals surface area (Å²) in [6.07, 6.45) is 4.61. The minimum atomic E-state index is -0.904. The van der Waals surface area contributed by atoms with Crippen LogP contribution < -0.4 is 0 Å². The molecule has 1 N–H and O–H groups in total. The number of hydrogen-bond acceptors (Lipinski definition) is 3. The van der Waals surface area contributed by atoms with Gasteiger partial charge in [0.15, 0.2) is 0 Å². The normalized spacial score (nSPS) is 15.6. The zero-order valence-electron chi connectivity index (χ0n) is 12.5. The molecule has 0 bridgehead atoms. The predicted molar refractivity (Wildman–Crippen MR) is 85.6 cm³/mol. The maximum Gasteiger partial charge on any atom is 0.328 e. The van der Waals surface area contributed by atoms with Crippen molar-refractivity contribution >= 4 is 23.8 Å². The molecule has 0 radical (unpaired) electrons. The van der Waals surface area contributed by atoms with E-state index in [1.165, 1.54) is 12.8 Å². The Bertz CT molecular complexity index is 477. The smallest absolute Gasteiger partial charge is 0.328 e. The number of halogens is 1. The van der Waals surface area contributed by atoms with E-state index in [1.807, 2.05) is 19.1 Å². The number of aliphatic carboxylic acids is 1. The van der Waals surface area contributed by atoms with Gasteiger partial charge < -0.3 is 9.84 Å². The van der Waals surface area contributed by atoms with Gasteiger partial charge in [-0.2, -0.15) is 0 Å². The molecule has 21 heavy (non-hydrogen) atoms. The van der Waals surface area contributed by atoms with Crippen molar-refractivity contribution < 1.29 is 14.6 Å². The van der Waals surface area contributed by atoms with E-state index in [4.69, 9.17) is 21.4 Å². The van der Waals surface area contributed by atoms with Crippen molar-refractivity contribution in [1.82, 2.24) is 0 Å². The van der Waals surface area contributed by atoms with E-state index in [-0.39, 0.29) is 0 Å². The highest BCUT2D eigenvalue weighted by Crippen LogP contribution is 2.17. The van der Waals surface area contributed by atoms with Crippen LogP contribution in [0.5, 0.6) is 0 Å². The monoisotopic (exact) mass is 311 g/mol. The third kappa shape index (κ3) is 6.27. The molecule has 1 heterocycles. The number of carboxylic acids is 1. The van der Waals surface area contributed by atoms with Crippen LogP contribution in [0.15, 0.2) is 23.2 Å². The summed E-state index contributed by atoms with van der Waals surface area (Å²) in [5.74, 6) is -0.904. The van der Waals surface area contributed by atoms with Crippen molar-refractivity contribution in [2.75, 3.05) is 13.2 Å². The third-order valence-corrected chi connectivity index (χ3v) is 3.61. The highest BCUT2D eigenvalue weighted by atomic mass is 35.5. The maximum absolute atomic E-state index is 10.8. The van der Waals surface area contributed by atoms with E-state index >= 15 is 0 Å². The Hall–Kier alpha value is -1.39. The molecule has 4 nitrogen and oxygen atoms in total. The summed E-state index contributed by atoms with van der Waals surface area (Å²) in [5.41, 5.74) is 1.76. The second-order valence-corrected chi connectivity index (χ2v) is 5.22. The fourth-order valence-corrected chi connectivity index (χ4v) is 1.97. The quantitative estimate of drug-likeness (QED) is 0.862. The molecule has 1 saturated heterocycles. The third-order valence-electron chi connectivity index (χ3n) is 3.20. The fraction of sp³-hybridized carbons (Fsp3) is 0.500. The molecule has 0 spiro atoms. The Morgan fingerprint density at radius 3 is 2.62 bits per heavy atom. The summed E-state index contributed by atoms with van der Waals surface area (Å²) in [4.78, 5) is 14.8. The lowest BCUT2D eigenvalue weighted by molar-refractivity contribution is -0.138. The molecule has 2 rings (SSSR count). The average molecular weight is 312 g/mol. The summed E-state index contributed by atoms with van der Waals surface area (Å²) in [6, 6.07) is 4.79. The number of nitrogens with zero attached hydrogens (tertiary/aromatic N) is 1. The van der Waals surface area contributed by atoms with E-state index in [1.54, 1.807) is 19.2 Å². The minimum Gasteiger partial charge on any atom is -0.480 e. The van der Waals surface area contributed by atoms with Crippen molar-refractivity contribution in [3.05, 3.63) is 34.3 Å². The summed E-state index contributed by atoms with van der Waals surface area (Å²) >= 11 is 5.95. The maximum atomic E-state index is 10.8. The van der Waals surface area contributed by atoms with Gasteiger partial charge in [-0.05, 0) is 43.4 Å². The van der Waals surface area contributed by atoms with Gasteiger partial charge in [-0.25, -0.2) is 4.79 Å². The Kier molecular flexibility index (Phi) is 8.01. The number of aliphatic imine (C=N–C) groups is 1. The van der Waals surface area contributed by atoms with Crippen LogP contribution in [0.4, 0.5) is 0 Å². The lowest BCUT2D eigenvalue weighted by Gasteiger charge is -2.05. The van der Waals surface area contributed by atoms with Crippen molar-refractivity contribution in [3.8, 4) is 0 Å². The molecule has 0 saturated carbocycles. The molecule has 1 atom stereocenters. The highest BCUT2D eigenvalue weighted by molar-refractivity contribution is 6.31. The molecular formula is C16H22ClNO3. The van der Waals surface area contributed by atoms with Crippen LogP contribution in [0.2, 0.25) is 5.02 Å².